The molecule has 15 rings (SSSR count). The highest BCUT2D eigenvalue weighted by molar-refractivity contribution is 6.22. The van der Waals surface area contributed by atoms with E-state index in [1.54, 1.807) is 14.2 Å². The Morgan fingerprint density at radius 3 is 1.05 bits per heavy atom. The predicted octanol–water partition coefficient (Wildman–Crippen LogP) is 21.5. The third kappa shape index (κ3) is 7.93. The molecule has 0 bridgehead atoms. The van der Waals surface area contributed by atoms with Crippen molar-refractivity contribution in [3.63, 3.8) is 0 Å². The largest absolute Gasteiger partial charge is 0.497 e. The van der Waals surface area contributed by atoms with Gasteiger partial charge < -0.3 is 19.3 Å². The molecule has 4 nitrogen and oxygen atoms in total. The molecule has 414 valence electrons. The number of anilines is 4. The summed E-state index contributed by atoms with van der Waals surface area (Å²) in [4.78, 5) is 5.29. The Hall–Kier alpha value is -8.86. The summed E-state index contributed by atoms with van der Waals surface area (Å²) in [6, 6.07) is 87.0. The highest BCUT2D eigenvalue weighted by atomic mass is 16.5. The lowest BCUT2D eigenvalue weighted by Crippen LogP contribution is -2.54. The van der Waals surface area contributed by atoms with Gasteiger partial charge in [0.25, 0.3) is 0 Å². The van der Waals surface area contributed by atoms with E-state index in [9.17, 15) is 0 Å². The van der Waals surface area contributed by atoms with E-state index in [0.717, 1.165) is 37.2 Å². The van der Waals surface area contributed by atoms with Gasteiger partial charge in [0.1, 0.15) is 11.5 Å². The van der Waals surface area contributed by atoms with Gasteiger partial charge in [-0.1, -0.05) is 197 Å². The zero-order chi connectivity index (χ0) is 57.0. The van der Waals surface area contributed by atoms with Crippen LogP contribution in [0.4, 0.5) is 22.7 Å². The zero-order valence-electron chi connectivity index (χ0n) is 49.3. The van der Waals surface area contributed by atoms with E-state index in [2.05, 4.69) is 268 Å². The summed E-state index contributed by atoms with van der Waals surface area (Å²) in [7, 11) is 3.54. The lowest BCUT2D eigenvalue weighted by atomic mass is 9.61. The second kappa shape index (κ2) is 19.9. The summed E-state index contributed by atoms with van der Waals surface area (Å²) in [6.45, 7) is 10.1. The molecule has 2 heterocycles. The number of rotatable bonds is 10. The Balaban J connectivity index is 0.948. The monoisotopic (exact) mass is 1090 g/mol. The summed E-state index contributed by atoms with van der Waals surface area (Å²) in [5.41, 5.74) is 22.3. The Labute approximate surface area is 496 Å². The van der Waals surface area contributed by atoms with Crippen LogP contribution < -0.4 is 19.3 Å². The fraction of sp³-hybridized carbons (Fsp3) is 0.225. The first-order valence-corrected chi connectivity index (χ1v) is 30.5. The second-order valence-electron chi connectivity index (χ2n) is 25.3. The van der Waals surface area contributed by atoms with Gasteiger partial charge in [-0.05, 0) is 200 Å². The summed E-state index contributed by atoms with van der Waals surface area (Å²) in [6.07, 6.45) is 9.44. The van der Waals surface area contributed by atoms with Gasteiger partial charge in [0.15, 0.2) is 0 Å². The minimum atomic E-state index is -0.0882. The van der Waals surface area contributed by atoms with Crippen molar-refractivity contribution in [2.24, 2.45) is 0 Å². The van der Waals surface area contributed by atoms with Crippen molar-refractivity contribution >= 4 is 44.3 Å². The highest BCUT2D eigenvalue weighted by Crippen LogP contribution is 2.63. The van der Waals surface area contributed by atoms with Crippen molar-refractivity contribution < 1.29 is 9.47 Å². The molecule has 0 radical (unpaired) electrons. The SMILES string of the molecule is COc1cccc(N2c3ccc(-c4ccc5c(-c6ccc(-c7ccccc7)cc6)c6cc(-c7ccc8c(c7)C7(C)CCCCC7(C)N8c7cccc(OC)c7)ccc6c(-c6ccc(-c7ccccc7)cc6)c5c4)cc3C3(C)CCCCC23C)c1. The first kappa shape index (κ1) is 52.0. The number of hydrogen-bond acceptors (Lipinski definition) is 4. The summed E-state index contributed by atoms with van der Waals surface area (Å²) in [5, 5.41) is 4.97. The van der Waals surface area contributed by atoms with Crippen LogP contribution in [0.25, 0.3) is 88.3 Å². The van der Waals surface area contributed by atoms with E-state index >= 15 is 0 Å². The van der Waals surface area contributed by atoms with Crippen LogP contribution in [0, 0.1) is 0 Å². The van der Waals surface area contributed by atoms with Gasteiger partial charge in [-0.2, -0.15) is 0 Å². The lowest BCUT2D eigenvalue weighted by molar-refractivity contribution is 0.195. The van der Waals surface area contributed by atoms with E-state index in [4.69, 9.17) is 9.47 Å². The van der Waals surface area contributed by atoms with Gasteiger partial charge in [-0.15, -0.1) is 0 Å². The number of methoxy groups -OCH3 is 2. The molecule has 84 heavy (non-hydrogen) atoms. The summed E-state index contributed by atoms with van der Waals surface area (Å²) >= 11 is 0. The number of hydrogen-bond donors (Lipinski definition) is 0. The molecule has 0 spiro atoms. The quantitative estimate of drug-likeness (QED) is 0.127. The maximum absolute atomic E-state index is 5.82. The van der Waals surface area contributed by atoms with Gasteiger partial charge in [-0.3, -0.25) is 0 Å². The molecule has 2 saturated carbocycles. The number of ether oxygens (including phenoxy) is 2. The minimum absolute atomic E-state index is 0.0445. The number of benzene rings is 11. The molecule has 11 aromatic rings. The standard InChI is InChI=1S/C80H72N2O2/c1-77-43-13-15-45-79(77,3)81(63-23-17-25-65(51-63)83-5)73-41-37-61(49-71(73)77)59-35-39-67-69(47-59)75(57-31-27-55(28-32-57)53-19-9-7-10-20-53)68-40-36-60(48-70(68)76(67)58-33-29-56(30-34-58)54-21-11-8-12-22-54)62-38-42-74-72(50-62)78(2)44-14-16-46-80(78,4)82(74)64-24-18-26-66(52-64)84-6/h7-12,17-42,47-52H,13-16,43-46H2,1-6H3. The van der Waals surface area contributed by atoms with Gasteiger partial charge in [-0.25, -0.2) is 0 Å². The molecule has 2 aliphatic heterocycles. The van der Waals surface area contributed by atoms with Crippen LogP contribution in [-0.2, 0) is 10.8 Å². The fourth-order valence-corrected chi connectivity index (χ4v) is 16.3. The molecule has 4 unspecified atom stereocenters. The molecule has 11 aromatic carbocycles. The van der Waals surface area contributed by atoms with Crippen molar-refractivity contribution in [3.05, 3.63) is 242 Å². The molecule has 0 saturated heterocycles. The normalized spacial score (nSPS) is 21.5. The van der Waals surface area contributed by atoms with Crippen LogP contribution in [0.15, 0.2) is 231 Å². The van der Waals surface area contributed by atoms with Crippen LogP contribution in [0.5, 0.6) is 11.5 Å². The first-order chi connectivity index (χ1) is 41.0. The Kier molecular flexibility index (Phi) is 12.3. The van der Waals surface area contributed by atoms with E-state index in [0.29, 0.717) is 0 Å². The van der Waals surface area contributed by atoms with Gasteiger partial charge in [0.05, 0.1) is 25.3 Å². The van der Waals surface area contributed by atoms with E-state index in [-0.39, 0.29) is 21.9 Å². The number of fused-ring (bicyclic) bond motifs is 8. The molecule has 4 atom stereocenters. The Morgan fingerprint density at radius 2 is 0.643 bits per heavy atom. The van der Waals surface area contributed by atoms with Crippen molar-refractivity contribution in [2.75, 3.05) is 24.0 Å². The van der Waals surface area contributed by atoms with E-state index < -0.39 is 0 Å². The summed E-state index contributed by atoms with van der Waals surface area (Å²) < 4.78 is 11.6. The third-order valence-electron chi connectivity index (χ3n) is 21.2. The maximum atomic E-state index is 5.82. The molecule has 4 aliphatic rings. The van der Waals surface area contributed by atoms with Crippen LogP contribution in [-0.4, -0.2) is 25.3 Å². The molecule has 0 amide bonds. The maximum Gasteiger partial charge on any atom is 0.120 e. The predicted molar refractivity (Wildman–Crippen MR) is 353 cm³/mol. The average molecular weight is 1090 g/mol. The zero-order valence-corrected chi connectivity index (χ0v) is 49.3. The second-order valence-corrected chi connectivity index (χ2v) is 25.3. The van der Waals surface area contributed by atoms with Crippen LogP contribution >= 0.6 is 0 Å². The van der Waals surface area contributed by atoms with Crippen LogP contribution in [0.3, 0.4) is 0 Å². The topological polar surface area (TPSA) is 24.9 Å². The molecule has 4 heteroatoms. The molecule has 2 aliphatic carbocycles. The minimum Gasteiger partial charge on any atom is -0.497 e. The van der Waals surface area contributed by atoms with Crippen molar-refractivity contribution in [3.8, 4) is 78.3 Å². The fourth-order valence-electron chi connectivity index (χ4n) is 16.3. The average Bonchev–Trinajstić information content (AvgIpc) is 1.71. The van der Waals surface area contributed by atoms with Crippen molar-refractivity contribution in [1.82, 2.24) is 0 Å². The van der Waals surface area contributed by atoms with E-state index in [1.807, 2.05) is 0 Å². The van der Waals surface area contributed by atoms with Crippen molar-refractivity contribution in [2.45, 2.75) is 101 Å². The molecule has 0 N–H and O–H groups in total. The molecule has 2 fully saturated rings. The summed E-state index contributed by atoms with van der Waals surface area (Å²) in [5.74, 6) is 1.77. The van der Waals surface area contributed by atoms with Crippen LogP contribution in [0.1, 0.15) is 90.2 Å². The van der Waals surface area contributed by atoms with E-state index in [1.165, 1.54) is 148 Å². The smallest absolute Gasteiger partial charge is 0.120 e. The Morgan fingerprint density at radius 1 is 0.298 bits per heavy atom. The lowest BCUT2D eigenvalue weighted by Gasteiger charge is -2.50. The third-order valence-corrected chi connectivity index (χ3v) is 21.2. The molecular formula is C80H72N2O2. The molecular weight excluding hydrogens is 1020 g/mol. The van der Waals surface area contributed by atoms with Crippen LogP contribution in [0.2, 0.25) is 0 Å². The highest BCUT2D eigenvalue weighted by Gasteiger charge is 2.59. The Bertz CT molecular complexity index is 4080. The van der Waals surface area contributed by atoms with Crippen molar-refractivity contribution in [1.29, 1.82) is 0 Å². The number of nitrogens with zero attached hydrogens (tertiary/aromatic N) is 2. The van der Waals surface area contributed by atoms with Gasteiger partial charge in [0, 0.05) is 45.7 Å². The van der Waals surface area contributed by atoms with Gasteiger partial charge in [0.2, 0.25) is 0 Å². The first-order valence-electron chi connectivity index (χ1n) is 30.5. The molecule has 0 aromatic heterocycles. The van der Waals surface area contributed by atoms with Gasteiger partial charge >= 0.3 is 0 Å².